The number of carbonyl (C=O) groups excluding carboxylic acids is 1. The largest absolute Gasteiger partial charge is 0.481 e. The molecule has 1 heterocycles. The number of amides is 2. The number of rotatable bonds is 3. The fourth-order valence-electron chi connectivity index (χ4n) is 2.44. The van der Waals surface area contributed by atoms with Crippen molar-refractivity contribution in [2.45, 2.75) is 25.8 Å². The van der Waals surface area contributed by atoms with Gasteiger partial charge in [-0.25, -0.2) is 4.79 Å². The maximum absolute atomic E-state index is 12.1. The molecule has 2 amide bonds. The Balaban J connectivity index is 2.08. The number of hydrogen-bond acceptors (Lipinski definition) is 2. The predicted octanol–water partition coefficient (Wildman–Crippen LogP) is 1.79. The summed E-state index contributed by atoms with van der Waals surface area (Å²) in [7, 11) is 0. The van der Waals surface area contributed by atoms with Crippen molar-refractivity contribution in [3.05, 3.63) is 35.4 Å². The van der Waals surface area contributed by atoms with Gasteiger partial charge in [-0.1, -0.05) is 24.3 Å². The van der Waals surface area contributed by atoms with Crippen LogP contribution in [-0.4, -0.2) is 35.1 Å². The Labute approximate surface area is 124 Å². The van der Waals surface area contributed by atoms with Crippen molar-refractivity contribution in [2.24, 2.45) is 0 Å². The van der Waals surface area contributed by atoms with Crippen LogP contribution in [0.25, 0.3) is 0 Å². The number of carboxylic acid groups (broad SMARTS) is 1. The van der Waals surface area contributed by atoms with E-state index >= 15 is 0 Å². The Hall–Kier alpha value is -2.48. The third-order valence-electron chi connectivity index (χ3n) is 3.48. The molecule has 0 saturated carbocycles. The lowest BCUT2D eigenvalue weighted by Crippen LogP contribution is -2.45. The van der Waals surface area contributed by atoms with Gasteiger partial charge in [-0.15, -0.1) is 11.8 Å². The first kappa shape index (κ1) is 14.9. The average molecular weight is 286 g/mol. The standard InChI is InChI=1S/C16H18N2O3/c1-2-3-6-9-17-16(21)18-10-12-7-4-5-8-13(12)14(11-18)15(19)20/h4-5,7-8,14H,6,9-11H2,1H3,(H,17,21)(H,19,20). The highest BCUT2D eigenvalue weighted by Gasteiger charge is 2.32. The number of hydrogen-bond donors (Lipinski definition) is 2. The van der Waals surface area contributed by atoms with Crippen LogP contribution in [0.15, 0.2) is 24.3 Å². The number of carbonyl (C=O) groups is 2. The number of nitrogens with one attached hydrogen (secondary N) is 1. The highest BCUT2D eigenvalue weighted by Crippen LogP contribution is 2.28. The molecular formula is C16H18N2O3. The summed E-state index contributed by atoms with van der Waals surface area (Å²) < 4.78 is 0. The van der Waals surface area contributed by atoms with Gasteiger partial charge in [0.05, 0.1) is 5.92 Å². The predicted molar refractivity (Wildman–Crippen MR) is 78.7 cm³/mol. The molecule has 1 aliphatic heterocycles. The second kappa shape index (κ2) is 6.80. The smallest absolute Gasteiger partial charge is 0.317 e. The third-order valence-corrected chi connectivity index (χ3v) is 3.48. The van der Waals surface area contributed by atoms with Crippen molar-refractivity contribution in [3.63, 3.8) is 0 Å². The first-order chi connectivity index (χ1) is 10.1. The number of urea groups is 1. The molecule has 1 aliphatic rings. The van der Waals surface area contributed by atoms with Crippen molar-refractivity contribution >= 4 is 12.0 Å². The van der Waals surface area contributed by atoms with Crippen LogP contribution in [0.4, 0.5) is 4.79 Å². The van der Waals surface area contributed by atoms with Crippen LogP contribution in [0.1, 0.15) is 30.4 Å². The SMILES string of the molecule is CC#CCCNC(=O)N1Cc2ccccc2C(C(=O)O)C1. The molecule has 2 rings (SSSR count). The van der Waals surface area contributed by atoms with E-state index in [0.717, 1.165) is 11.1 Å². The van der Waals surface area contributed by atoms with E-state index < -0.39 is 11.9 Å². The fourth-order valence-corrected chi connectivity index (χ4v) is 2.44. The van der Waals surface area contributed by atoms with E-state index in [1.54, 1.807) is 11.8 Å². The molecule has 0 aliphatic carbocycles. The molecule has 21 heavy (non-hydrogen) atoms. The van der Waals surface area contributed by atoms with Crippen LogP contribution in [0.2, 0.25) is 0 Å². The van der Waals surface area contributed by atoms with E-state index in [9.17, 15) is 14.7 Å². The summed E-state index contributed by atoms with van der Waals surface area (Å²) in [5.41, 5.74) is 1.69. The summed E-state index contributed by atoms with van der Waals surface area (Å²) in [6.07, 6.45) is 0.592. The van der Waals surface area contributed by atoms with Gasteiger partial charge in [0.15, 0.2) is 0 Å². The summed E-state index contributed by atoms with van der Waals surface area (Å²) in [5, 5.41) is 12.1. The third kappa shape index (κ3) is 3.54. The Morgan fingerprint density at radius 1 is 1.43 bits per heavy atom. The lowest BCUT2D eigenvalue weighted by molar-refractivity contribution is -0.139. The van der Waals surface area contributed by atoms with E-state index in [2.05, 4.69) is 17.2 Å². The number of aliphatic carboxylic acids is 1. The van der Waals surface area contributed by atoms with E-state index in [-0.39, 0.29) is 12.6 Å². The zero-order valence-corrected chi connectivity index (χ0v) is 11.9. The molecule has 0 fully saturated rings. The van der Waals surface area contributed by atoms with Gasteiger partial charge < -0.3 is 15.3 Å². The summed E-state index contributed by atoms with van der Waals surface area (Å²) in [4.78, 5) is 25.1. The summed E-state index contributed by atoms with van der Waals surface area (Å²) in [6, 6.07) is 7.13. The van der Waals surface area contributed by atoms with Gasteiger partial charge >= 0.3 is 12.0 Å². The van der Waals surface area contributed by atoms with Crippen LogP contribution in [0, 0.1) is 11.8 Å². The van der Waals surface area contributed by atoms with Crippen LogP contribution in [-0.2, 0) is 11.3 Å². The second-order valence-electron chi connectivity index (χ2n) is 4.88. The van der Waals surface area contributed by atoms with Gasteiger partial charge in [-0.2, -0.15) is 0 Å². The van der Waals surface area contributed by atoms with Crippen molar-refractivity contribution in [1.29, 1.82) is 0 Å². The molecule has 2 N–H and O–H groups in total. The summed E-state index contributed by atoms with van der Waals surface area (Å²) in [6.45, 7) is 2.85. The molecule has 0 radical (unpaired) electrons. The zero-order chi connectivity index (χ0) is 15.2. The maximum atomic E-state index is 12.1. The Morgan fingerprint density at radius 2 is 2.19 bits per heavy atom. The van der Waals surface area contributed by atoms with Gasteiger partial charge in [0, 0.05) is 26.1 Å². The average Bonchev–Trinajstić information content (AvgIpc) is 2.50. The molecule has 1 aromatic carbocycles. The quantitative estimate of drug-likeness (QED) is 0.657. The molecule has 0 spiro atoms. The normalized spacial score (nSPS) is 16.4. The van der Waals surface area contributed by atoms with Gasteiger partial charge in [0.25, 0.3) is 0 Å². The lowest BCUT2D eigenvalue weighted by Gasteiger charge is -2.32. The molecule has 1 atom stereocenters. The van der Waals surface area contributed by atoms with Gasteiger partial charge in [0.2, 0.25) is 0 Å². The van der Waals surface area contributed by atoms with Crippen LogP contribution in [0.5, 0.6) is 0 Å². The number of carboxylic acids is 1. The lowest BCUT2D eigenvalue weighted by atomic mass is 9.90. The van der Waals surface area contributed by atoms with E-state index in [1.807, 2.05) is 24.3 Å². The summed E-state index contributed by atoms with van der Waals surface area (Å²) >= 11 is 0. The number of benzene rings is 1. The second-order valence-corrected chi connectivity index (χ2v) is 4.88. The van der Waals surface area contributed by atoms with Crippen LogP contribution < -0.4 is 5.32 Å². The topological polar surface area (TPSA) is 69.6 Å². The zero-order valence-electron chi connectivity index (χ0n) is 11.9. The molecule has 1 aromatic rings. The molecule has 1 unspecified atom stereocenters. The highest BCUT2D eigenvalue weighted by molar-refractivity contribution is 5.80. The Bertz CT molecular complexity index is 601. The van der Waals surface area contributed by atoms with Gasteiger partial charge in [0.1, 0.15) is 0 Å². The molecule has 0 saturated heterocycles. The molecule has 110 valence electrons. The monoisotopic (exact) mass is 286 g/mol. The van der Waals surface area contributed by atoms with Gasteiger partial charge in [-0.05, 0) is 18.1 Å². The van der Waals surface area contributed by atoms with Crippen molar-refractivity contribution in [2.75, 3.05) is 13.1 Å². The first-order valence-electron chi connectivity index (χ1n) is 6.86. The fraction of sp³-hybridized carbons (Fsp3) is 0.375. The van der Waals surface area contributed by atoms with Gasteiger partial charge in [-0.3, -0.25) is 4.79 Å². The summed E-state index contributed by atoms with van der Waals surface area (Å²) in [5.74, 6) is 4.06. The Morgan fingerprint density at radius 3 is 2.90 bits per heavy atom. The maximum Gasteiger partial charge on any atom is 0.317 e. The van der Waals surface area contributed by atoms with Crippen molar-refractivity contribution < 1.29 is 14.7 Å². The Kier molecular flexibility index (Phi) is 4.83. The molecule has 5 nitrogen and oxygen atoms in total. The number of nitrogens with zero attached hydrogens (tertiary/aromatic N) is 1. The van der Waals surface area contributed by atoms with Crippen LogP contribution >= 0.6 is 0 Å². The minimum Gasteiger partial charge on any atom is -0.481 e. The van der Waals surface area contributed by atoms with E-state index in [0.29, 0.717) is 19.5 Å². The molecule has 0 bridgehead atoms. The van der Waals surface area contributed by atoms with E-state index in [1.165, 1.54) is 0 Å². The highest BCUT2D eigenvalue weighted by atomic mass is 16.4. The van der Waals surface area contributed by atoms with Crippen molar-refractivity contribution in [3.8, 4) is 11.8 Å². The van der Waals surface area contributed by atoms with Crippen LogP contribution in [0.3, 0.4) is 0 Å². The van der Waals surface area contributed by atoms with E-state index in [4.69, 9.17) is 0 Å². The minimum absolute atomic E-state index is 0.192. The van der Waals surface area contributed by atoms with Crippen molar-refractivity contribution in [1.82, 2.24) is 10.2 Å². The molecular weight excluding hydrogens is 268 g/mol. The molecule has 5 heteroatoms. The minimum atomic E-state index is -0.906. The first-order valence-corrected chi connectivity index (χ1v) is 6.86. The number of fused-ring (bicyclic) bond motifs is 1. The molecule has 0 aromatic heterocycles.